The minimum atomic E-state index is 0.248. The standard InChI is InChI=1S/C25H39ClN6/c1-6-8-10-17-32(22(4)24(31-20-26)25(27-5)29-7-2)18-11-9-12-21(3)30-19-23-13-15-28-16-14-23/h7,13-16,29-31H,2-6,8-12,17-20H2,1H3/b25-24+. The van der Waals surface area contributed by atoms with Gasteiger partial charge in [0.1, 0.15) is 5.70 Å². The highest BCUT2D eigenvalue weighted by Gasteiger charge is 2.15. The summed E-state index contributed by atoms with van der Waals surface area (Å²) in [5.74, 6) is 0.569. The quantitative estimate of drug-likeness (QED) is 0.0868. The zero-order valence-corrected chi connectivity index (χ0v) is 20.3. The zero-order valence-electron chi connectivity index (χ0n) is 19.5. The normalized spacial score (nSPS) is 11.2. The largest absolute Gasteiger partial charge is 0.385 e. The first-order chi connectivity index (χ1) is 15.6. The highest BCUT2D eigenvalue weighted by atomic mass is 35.5. The lowest BCUT2D eigenvalue weighted by molar-refractivity contribution is 0.329. The van der Waals surface area contributed by atoms with Gasteiger partial charge >= 0.3 is 0 Å². The van der Waals surface area contributed by atoms with Gasteiger partial charge in [-0.2, -0.15) is 0 Å². The predicted molar refractivity (Wildman–Crippen MR) is 138 cm³/mol. The van der Waals surface area contributed by atoms with Crippen molar-refractivity contribution >= 4 is 18.3 Å². The van der Waals surface area contributed by atoms with E-state index in [2.05, 4.69) is 64.2 Å². The number of pyridine rings is 1. The van der Waals surface area contributed by atoms with E-state index in [0.717, 1.165) is 62.4 Å². The fourth-order valence-corrected chi connectivity index (χ4v) is 3.37. The summed E-state index contributed by atoms with van der Waals surface area (Å²) in [6, 6.07) is 4.26. The van der Waals surface area contributed by atoms with Crippen LogP contribution in [-0.4, -0.2) is 35.7 Å². The number of allylic oxidation sites excluding steroid dienone is 1. The van der Waals surface area contributed by atoms with Gasteiger partial charge in [-0.1, -0.05) is 39.5 Å². The molecule has 3 N–H and O–H groups in total. The summed E-state index contributed by atoms with van der Waals surface area (Å²) in [6.07, 6.45) is 11.6. The number of alkyl halides is 1. The van der Waals surface area contributed by atoms with Gasteiger partial charge < -0.3 is 20.9 Å². The lowest BCUT2D eigenvalue weighted by Gasteiger charge is -2.29. The molecule has 176 valence electrons. The van der Waals surface area contributed by atoms with Gasteiger partial charge in [-0.3, -0.25) is 4.98 Å². The number of hydrogen-bond donors (Lipinski definition) is 3. The molecule has 0 saturated carbocycles. The van der Waals surface area contributed by atoms with Crippen molar-refractivity contribution in [2.45, 2.75) is 52.0 Å². The summed E-state index contributed by atoms with van der Waals surface area (Å²) in [5.41, 5.74) is 3.85. The SMILES string of the molecule is C=CN/C(N=C)=C(/NCCl)C(=C)N(CCCCC)CCCCC(=C)NCc1ccncc1. The van der Waals surface area contributed by atoms with Gasteiger partial charge in [0, 0.05) is 37.7 Å². The van der Waals surface area contributed by atoms with Gasteiger partial charge in [-0.25, -0.2) is 4.99 Å². The number of aromatic nitrogens is 1. The van der Waals surface area contributed by atoms with E-state index in [0.29, 0.717) is 5.82 Å². The Morgan fingerprint density at radius 3 is 2.41 bits per heavy atom. The summed E-state index contributed by atoms with van der Waals surface area (Å²) in [5, 5.41) is 9.57. The van der Waals surface area contributed by atoms with Crippen molar-refractivity contribution in [3.63, 3.8) is 0 Å². The Bertz CT molecular complexity index is 744. The van der Waals surface area contributed by atoms with Gasteiger partial charge in [0.25, 0.3) is 0 Å². The Kier molecular flexibility index (Phi) is 14.4. The molecule has 0 bridgehead atoms. The second kappa shape index (κ2) is 16.9. The molecule has 7 heteroatoms. The average Bonchev–Trinajstić information content (AvgIpc) is 2.81. The number of nitrogens with one attached hydrogen (secondary N) is 3. The lowest BCUT2D eigenvalue weighted by atomic mass is 10.1. The number of unbranched alkanes of at least 4 members (excludes halogenated alkanes) is 3. The van der Waals surface area contributed by atoms with E-state index in [-0.39, 0.29) is 6.00 Å². The molecule has 0 unspecified atom stereocenters. The number of aliphatic imine (C=N–C) groups is 1. The molecule has 1 rings (SSSR count). The molecule has 1 aromatic heterocycles. The molecule has 0 aliphatic rings. The maximum absolute atomic E-state index is 5.97. The molecular weight excluding hydrogens is 420 g/mol. The third-order valence-electron chi connectivity index (χ3n) is 5.03. The van der Waals surface area contributed by atoms with E-state index >= 15 is 0 Å². The van der Waals surface area contributed by atoms with Gasteiger partial charge in [0.05, 0.1) is 11.7 Å². The molecule has 0 aliphatic carbocycles. The van der Waals surface area contributed by atoms with Crippen LogP contribution >= 0.6 is 11.6 Å². The molecule has 0 saturated heterocycles. The summed E-state index contributed by atoms with van der Waals surface area (Å²) in [4.78, 5) is 10.4. The molecule has 1 heterocycles. The smallest absolute Gasteiger partial charge is 0.154 e. The topological polar surface area (TPSA) is 64.6 Å². The number of rotatable bonds is 19. The molecule has 0 radical (unpaired) electrons. The van der Waals surface area contributed by atoms with Crippen molar-refractivity contribution in [3.05, 3.63) is 78.9 Å². The second-order valence-electron chi connectivity index (χ2n) is 7.45. The highest BCUT2D eigenvalue weighted by Crippen LogP contribution is 2.18. The molecule has 0 amide bonds. The molecule has 1 aromatic rings. The molecule has 0 atom stereocenters. The van der Waals surface area contributed by atoms with Gasteiger partial charge in [0.15, 0.2) is 5.82 Å². The molecule has 6 nitrogen and oxygen atoms in total. The fraction of sp³-hybridized carbons (Fsp3) is 0.440. The molecule has 32 heavy (non-hydrogen) atoms. The van der Waals surface area contributed by atoms with E-state index in [1.54, 1.807) is 18.6 Å². The zero-order chi connectivity index (χ0) is 23.6. The third-order valence-corrected chi connectivity index (χ3v) is 5.16. The maximum Gasteiger partial charge on any atom is 0.154 e. The molecule has 0 spiro atoms. The van der Waals surface area contributed by atoms with Crippen LogP contribution in [0.3, 0.4) is 0 Å². The van der Waals surface area contributed by atoms with Crippen LogP contribution in [0.2, 0.25) is 0 Å². The van der Waals surface area contributed by atoms with Crippen LogP contribution in [0.5, 0.6) is 0 Å². The van der Waals surface area contributed by atoms with Crippen molar-refractivity contribution in [1.29, 1.82) is 0 Å². The van der Waals surface area contributed by atoms with Gasteiger partial charge in [-0.05, 0) is 56.3 Å². The third kappa shape index (κ3) is 10.5. The average molecular weight is 459 g/mol. The van der Waals surface area contributed by atoms with E-state index in [4.69, 9.17) is 11.6 Å². The molecule has 0 fully saturated rings. The second-order valence-corrected chi connectivity index (χ2v) is 7.72. The van der Waals surface area contributed by atoms with Gasteiger partial charge in [-0.15, -0.1) is 11.6 Å². The van der Waals surface area contributed by atoms with E-state index < -0.39 is 0 Å². The lowest BCUT2D eigenvalue weighted by Crippen LogP contribution is -2.31. The maximum atomic E-state index is 5.97. The van der Waals surface area contributed by atoms with Crippen LogP contribution in [0.25, 0.3) is 0 Å². The van der Waals surface area contributed by atoms with E-state index in [1.807, 2.05) is 12.1 Å². The van der Waals surface area contributed by atoms with Crippen LogP contribution in [0.15, 0.2) is 78.4 Å². The Morgan fingerprint density at radius 1 is 1.12 bits per heavy atom. The predicted octanol–water partition coefficient (Wildman–Crippen LogP) is 5.25. The number of halogens is 1. The van der Waals surface area contributed by atoms with Gasteiger partial charge in [0.2, 0.25) is 0 Å². The van der Waals surface area contributed by atoms with E-state index in [1.165, 1.54) is 18.4 Å². The van der Waals surface area contributed by atoms with Crippen molar-refractivity contribution in [2.75, 3.05) is 19.1 Å². The molecule has 0 aliphatic heterocycles. The Labute approximate surface area is 199 Å². The first kappa shape index (κ1) is 27.3. The summed E-state index contributed by atoms with van der Waals surface area (Å²) in [6.45, 7) is 20.7. The molecular formula is C25H39ClN6. The van der Waals surface area contributed by atoms with Crippen LogP contribution < -0.4 is 16.0 Å². The first-order valence-electron chi connectivity index (χ1n) is 11.2. The Morgan fingerprint density at radius 2 is 1.81 bits per heavy atom. The van der Waals surface area contributed by atoms with Crippen LogP contribution in [0.4, 0.5) is 0 Å². The fourth-order valence-electron chi connectivity index (χ4n) is 3.23. The summed E-state index contributed by atoms with van der Waals surface area (Å²) < 4.78 is 0. The van der Waals surface area contributed by atoms with Crippen LogP contribution in [0.1, 0.15) is 51.0 Å². The van der Waals surface area contributed by atoms with Crippen molar-refractivity contribution < 1.29 is 0 Å². The Hall–Kier alpha value is -2.73. The van der Waals surface area contributed by atoms with Crippen molar-refractivity contribution in [1.82, 2.24) is 25.8 Å². The summed E-state index contributed by atoms with van der Waals surface area (Å²) in [7, 11) is 0. The first-order valence-corrected chi connectivity index (χ1v) is 11.7. The van der Waals surface area contributed by atoms with E-state index in [9.17, 15) is 0 Å². The number of hydrogen-bond acceptors (Lipinski definition) is 6. The highest BCUT2D eigenvalue weighted by molar-refractivity contribution is 6.17. The number of nitrogens with zero attached hydrogens (tertiary/aromatic N) is 3. The minimum Gasteiger partial charge on any atom is -0.385 e. The van der Waals surface area contributed by atoms with Crippen LogP contribution in [0, 0.1) is 0 Å². The van der Waals surface area contributed by atoms with Crippen molar-refractivity contribution in [2.24, 2.45) is 4.99 Å². The Balaban J connectivity index is 2.65. The van der Waals surface area contributed by atoms with Crippen molar-refractivity contribution in [3.8, 4) is 0 Å². The monoisotopic (exact) mass is 458 g/mol. The summed E-state index contributed by atoms with van der Waals surface area (Å²) >= 11 is 5.97. The molecule has 0 aromatic carbocycles. The minimum absolute atomic E-state index is 0.248. The van der Waals surface area contributed by atoms with Crippen LogP contribution in [-0.2, 0) is 6.54 Å².